The molecule has 0 aromatic heterocycles. The molecule has 0 saturated heterocycles. The lowest BCUT2D eigenvalue weighted by Gasteiger charge is -2.09. The fourth-order valence-electron chi connectivity index (χ4n) is 2.71. The summed E-state index contributed by atoms with van der Waals surface area (Å²) in [6.45, 7) is 2.38. The van der Waals surface area contributed by atoms with Gasteiger partial charge in [-0.05, 0) is 55.5 Å². The van der Waals surface area contributed by atoms with Crippen LogP contribution < -0.4 is 14.9 Å². The van der Waals surface area contributed by atoms with Gasteiger partial charge in [-0.15, -0.1) is 0 Å². The average Bonchev–Trinajstić information content (AvgIpc) is 2.81. The molecule has 33 heavy (non-hydrogen) atoms. The van der Waals surface area contributed by atoms with Gasteiger partial charge in [0.15, 0.2) is 0 Å². The summed E-state index contributed by atoms with van der Waals surface area (Å²) in [5.74, 6) is -0.330. The summed E-state index contributed by atoms with van der Waals surface area (Å²) in [4.78, 5) is 35.1. The number of hydrazone groups is 1. The SMILES string of the molecule is CCOc1ccc(C(=O)Oc2ccc(Br)cc2C=NNC(=O)c2cccc([N+](=O)[O-])c2)cc1. The highest BCUT2D eigenvalue weighted by molar-refractivity contribution is 9.10. The van der Waals surface area contributed by atoms with Gasteiger partial charge in [0.05, 0.1) is 23.3 Å². The topological polar surface area (TPSA) is 120 Å². The van der Waals surface area contributed by atoms with Gasteiger partial charge in [0.1, 0.15) is 11.5 Å². The number of carbonyl (C=O) groups is 2. The third kappa shape index (κ3) is 6.47. The lowest BCUT2D eigenvalue weighted by Crippen LogP contribution is -2.18. The van der Waals surface area contributed by atoms with E-state index in [1.807, 2.05) is 6.92 Å². The standard InChI is InChI=1S/C23H18BrN3O6/c1-2-32-20-9-6-15(7-10-20)23(29)33-21-11-8-18(24)12-17(21)14-25-26-22(28)16-4-3-5-19(13-16)27(30)31/h3-14H,2H2,1H3,(H,26,28). The first kappa shape index (κ1) is 23.6. The molecule has 0 aliphatic heterocycles. The van der Waals surface area contributed by atoms with Crippen molar-refractivity contribution in [3.05, 3.63) is 98.0 Å². The lowest BCUT2D eigenvalue weighted by atomic mass is 10.2. The summed E-state index contributed by atoms with van der Waals surface area (Å²) in [7, 11) is 0. The van der Waals surface area contributed by atoms with Crippen LogP contribution in [0.25, 0.3) is 0 Å². The quantitative estimate of drug-likeness (QED) is 0.153. The molecule has 0 heterocycles. The summed E-state index contributed by atoms with van der Waals surface area (Å²) in [5.41, 5.74) is 2.93. The number of amides is 1. The number of hydrogen-bond donors (Lipinski definition) is 1. The maximum atomic E-state index is 12.5. The fraction of sp³-hybridized carbons (Fsp3) is 0.0870. The van der Waals surface area contributed by atoms with E-state index in [-0.39, 0.29) is 17.0 Å². The smallest absolute Gasteiger partial charge is 0.343 e. The fourth-order valence-corrected chi connectivity index (χ4v) is 3.09. The second-order valence-electron chi connectivity index (χ2n) is 6.54. The molecule has 9 nitrogen and oxygen atoms in total. The molecule has 0 atom stereocenters. The number of hydrogen-bond acceptors (Lipinski definition) is 7. The number of carbonyl (C=O) groups excluding carboxylic acids is 2. The first-order valence-corrected chi connectivity index (χ1v) is 10.5. The van der Waals surface area contributed by atoms with E-state index in [0.29, 0.717) is 28.0 Å². The number of nitrogens with one attached hydrogen (secondary N) is 1. The maximum absolute atomic E-state index is 12.5. The van der Waals surface area contributed by atoms with E-state index in [9.17, 15) is 19.7 Å². The zero-order valence-corrected chi connectivity index (χ0v) is 18.9. The lowest BCUT2D eigenvalue weighted by molar-refractivity contribution is -0.384. The summed E-state index contributed by atoms with van der Waals surface area (Å²) in [6, 6.07) is 16.7. The molecule has 0 aliphatic carbocycles. The molecule has 0 spiro atoms. The summed E-state index contributed by atoms with van der Waals surface area (Å²) in [5, 5.41) is 14.8. The van der Waals surface area contributed by atoms with Gasteiger partial charge in [0.25, 0.3) is 11.6 Å². The molecule has 168 valence electrons. The third-order valence-corrected chi connectivity index (χ3v) is 4.76. The Labute approximate surface area is 197 Å². The van der Waals surface area contributed by atoms with Crippen LogP contribution in [-0.4, -0.2) is 29.6 Å². The Kier molecular flexibility index (Phi) is 7.87. The minimum atomic E-state index is -0.627. The number of esters is 1. The number of rotatable bonds is 8. The molecule has 0 saturated carbocycles. The van der Waals surface area contributed by atoms with E-state index < -0.39 is 16.8 Å². The normalized spacial score (nSPS) is 10.6. The predicted molar refractivity (Wildman–Crippen MR) is 125 cm³/mol. The van der Waals surface area contributed by atoms with Crippen LogP contribution in [0.15, 0.2) is 76.3 Å². The van der Waals surface area contributed by atoms with Crippen molar-refractivity contribution >= 4 is 39.7 Å². The van der Waals surface area contributed by atoms with Gasteiger partial charge in [0.2, 0.25) is 0 Å². The highest BCUT2D eigenvalue weighted by Gasteiger charge is 2.13. The summed E-state index contributed by atoms with van der Waals surface area (Å²) < 4.78 is 11.6. The van der Waals surface area contributed by atoms with Crippen LogP contribution in [-0.2, 0) is 0 Å². The second kappa shape index (κ2) is 11.0. The molecule has 0 bridgehead atoms. The van der Waals surface area contributed by atoms with Crippen molar-refractivity contribution in [1.29, 1.82) is 0 Å². The third-order valence-electron chi connectivity index (χ3n) is 4.26. The van der Waals surface area contributed by atoms with Crippen molar-refractivity contribution < 1.29 is 24.0 Å². The van der Waals surface area contributed by atoms with Gasteiger partial charge in [-0.2, -0.15) is 5.10 Å². The van der Waals surface area contributed by atoms with Crippen LogP contribution in [0.5, 0.6) is 11.5 Å². The number of nitrogens with zero attached hydrogens (tertiary/aromatic N) is 2. The monoisotopic (exact) mass is 511 g/mol. The highest BCUT2D eigenvalue weighted by Crippen LogP contribution is 2.23. The largest absolute Gasteiger partial charge is 0.494 e. The Bertz CT molecular complexity index is 1210. The van der Waals surface area contributed by atoms with Crippen molar-refractivity contribution in [2.45, 2.75) is 6.92 Å². The number of non-ortho nitro benzene ring substituents is 1. The summed E-state index contributed by atoms with van der Waals surface area (Å²) in [6.07, 6.45) is 1.31. The Balaban J connectivity index is 1.72. The van der Waals surface area contributed by atoms with Crippen molar-refractivity contribution in [3.63, 3.8) is 0 Å². The maximum Gasteiger partial charge on any atom is 0.343 e. The molecule has 0 unspecified atom stereocenters. The molecule has 0 radical (unpaired) electrons. The van der Waals surface area contributed by atoms with Crippen molar-refractivity contribution in [3.8, 4) is 11.5 Å². The second-order valence-corrected chi connectivity index (χ2v) is 7.45. The van der Waals surface area contributed by atoms with E-state index in [4.69, 9.17) is 9.47 Å². The van der Waals surface area contributed by atoms with Crippen LogP contribution in [0.4, 0.5) is 5.69 Å². The van der Waals surface area contributed by atoms with Gasteiger partial charge in [-0.1, -0.05) is 22.0 Å². The van der Waals surface area contributed by atoms with Crippen LogP contribution in [0, 0.1) is 10.1 Å². The van der Waals surface area contributed by atoms with E-state index in [1.54, 1.807) is 42.5 Å². The average molecular weight is 512 g/mol. The number of halogens is 1. The molecule has 0 fully saturated rings. The van der Waals surface area contributed by atoms with Crippen molar-refractivity contribution in [2.75, 3.05) is 6.61 Å². The van der Waals surface area contributed by atoms with Gasteiger partial charge >= 0.3 is 5.97 Å². The zero-order valence-electron chi connectivity index (χ0n) is 17.4. The predicted octanol–water partition coefficient (Wildman–Crippen LogP) is 4.74. The molecule has 3 rings (SSSR count). The number of ether oxygens (including phenoxy) is 2. The van der Waals surface area contributed by atoms with E-state index in [2.05, 4.69) is 26.5 Å². The summed E-state index contributed by atoms with van der Waals surface area (Å²) >= 11 is 3.34. The Morgan fingerprint density at radius 3 is 2.55 bits per heavy atom. The molecular formula is C23H18BrN3O6. The van der Waals surface area contributed by atoms with E-state index in [1.165, 1.54) is 24.4 Å². The van der Waals surface area contributed by atoms with E-state index in [0.717, 1.165) is 6.07 Å². The van der Waals surface area contributed by atoms with Crippen LogP contribution in [0.2, 0.25) is 0 Å². The molecule has 0 aliphatic rings. The minimum absolute atomic E-state index is 0.0812. The van der Waals surface area contributed by atoms with Crippen LogP contribution >= 0.6 is 15.9 Å². The molecule has 1 N–H and O–H groups in total. The molecule has 10 heteroatoms. The molecular weight excluding hydrogens is 494 g/mol. The van der Waals surface area contributed by atoms with Crippen molar-refractivity contribution in [2.24, 2.45) is 5.10 Å². The number of benzene rings is 3. The van der Waals surface area contributed by atoms with Gasteiger partial charge in [0, 0.05) is 27.7 Å². The molecule has 3 aromatic rings. The Morgan fingerprint density at radius 1 is 1.09 bits per heavy atom. The minimum Gasteiger partial charge on any atom is -0.494 e. The first-order valence-electron chi connectivity index (χ1n) is 9.70. The van der Waals surface area contributed by atoms with Gasteiger partial charge in [-0.25, -0.2) is 10.2 Å². The highest BCUT2D eigenvalue weighted by atomic mass is 79.9. The zero-order chi connectivity index (χ0) is 23.8. The van der Waals surface area contributed by atoms with Crippen molar-refractivity contribution in [1.82, 2.24) is 5.43 Å². The van der Waals surface area contributed by atoms with E-state index >= 15 is 0 Å². The molecule has 1 amide bonds. The van der Waals surface area contributed by atoms with Gasteiger partial charge in [-0.3, -0.25) is 14.9 Å². The number of nitro groups is 1. The Morgan fingerprint density at radius 2 is 1.85 bits per heavy atom. The Hall–Kier alpha value is -4.05. The first-order chi connectivity index (χ1) is 15.9. The number of nitro benzene ring substituents is 1. The molecule has 3 aromatic carbocycles. The van der Waals surface area contributed by atoms with Crippen LogP contribution in [0.3, 0.4) is 0 Å². The van der Waals surface area contributed by atoms with Crippen LogP contribution in [0.1, 0.15) is 33.2 Å². The van der Waals surface area contributed by atoms with Gasteiger partial charge < -0.3 is 9.47 Å².